The molecular formula is C12H20N2S2. The summed E-state index contributed by atoms with van der Waals surface area (Å²) >= 11 is 3.68. The lowest BCUT2D eigenvalue weighted by molar-refractivity contribution is 0.475. The zero-order valence-electron chi connectivity index (χ0n) is 10.4. The predicted octanol–water partition coefficient (Wildman–Crippen LogP) is 3.12. The van der Waals surface area contributed by atoms with Crippen LogP contribution in [0.1, 0.15) is 44.8 Å². The molecule has 2 nitrogen and oxygen atoms in total. The van der Waals surface area contributed by atoms with E-state index in [0.29, 0.717) is 5.25 Å². The summed E-state index contributed by atoms with van der Waals surface area (Å²) in [5, 5.41) is 3.94. The van der Waals surface area contributed by atoms with Crippen molar-refractivity contribution in [1.29, 1.82) is 0 Å². The highest BCUT2D eigenvalue weighted by Crippen LogP contribution is 2.41. The van der Waals surface area contributed by atoms with E-state index >= 15 is 0 Å². The molecule has 0 aliphatic carbocycles. The van der Waals surface area contributed by atoms with Gasteiger partial charge < -0.3 is 5.73 Å². The minimum atomic E-state index is -0.182. The number of hydrogen-bond acceptors (Lipinski definition) is 4. The van der Waals surface area contributed by atoms with Gasteiger partial charge >= 0.3 is 0 Å². The van der Waals surface area contributed by atoms with E-state index < -0.39 is 0 Å². The fourth-order valence-corrected chi connectivity index (χ4v) is 4.43. The molecule has 2 rings (SSSR count). The minimum Gasteiger partial charge on any atom is -0.319 e. The van der Waals surface area contributed by atoms with Crippen molar-refractivity contribution in [3.8, 4) is 0 Å². The lowest BCUT2D eigenvalue weighted by Crippen LogP contribution is -2.37. The molecule has 1 fully saturated rings. The van der Waals surface area contributed by atoms with Gasteiger partial charge in [0.2, 0.25) is 0 Å². The fraction of sp³-hybridized carbons (Fsp3) is 0.750. The predicted molar refractivity (Wildman–Crippen MR) is 73.2 cm³/mol. The Bertz CT molecular complexity index is 381. The highest BCUT2D eigenvalue weighted by molar-refractivity contribution is 8.00. The average molecular weight is 256 g/mol. The molecule has 0 radical (unpaired) electrons. The Morgan fingerprint density at radius 1 is 1.50 bits per heavy atom. The number of nitrogens with two attached hydrogens (primary N) is 1. The monoisotopic (exact) mass is 256 g/mol. The quantitative estimate of drug-likeness (QED) is 0.839. The Balaban J connectivity index is 2.25. The van der Waals surface area contributed by atoms with Gasteiger partial charge in [-0.25, -0.2) is 4.98 Å². The maximum absolute atomic E-state index is 6.45. The van der Waals surface area contributed by atoms with Crippen LogP contribution in [0.3, 0.4) is 0 Å². The van der Waals surface area contributed by atoms with Gasteiger partial charge in [-0.1, -0.05) is 27.7 Å². The number of thiazole rings is 1. The van der Waals surface area contributed by atoms with E-state index in [1.165, 1.54) is 5.69 Å². The van der Waals surface area contributed by atoms with Crippen LogP contribution >= 0.6 is 23.1 Å². The Kier molecular flexibility index (Phi) is 3.10. The molecule has 1 aliphatic heterocycles. The van der Waals surface area contributed by atoms with Crippen molar-refractivity contribution in [2.24, 2.45) is 5.73 Å². The van der Waals surface area contributed by atoms with Gasteiger partial charge in [-0.3, -0.25) is 0 Å². The van der Waals surface area contributed by atoms with E-state index in [-0.39, 0.29) is 11.0 Å². The van der Waals surface area contributed by atoms with Crippen LogP contribution in [0.5, 0.6) is 0 Å². The smallest absolute Gasteiger partial charge is 0.114 e. The van der Waals surface area contributed by atoms with E-state index in [0.717, 1.165) is 17.2 Å². The molecule has 0 aromatic carbocycles. The summed E-state index contributed by atoms with van der Waals surface area (Å²) in [5.41, 5.74) is 7.57. The lowest BCUT2D eigenvalue weighted by atomic mass is 9.93. The minimum absolute atomic E-state index is 0.127. The third-order valence-electron chi connectivity index (χ3n) is 2.98. The van der Waals surface area contributed by atoms with Crippen LogP contribution in [-0.4, -0.2) is 16.0 Å². The topological polar surface area (TPSA) is 38.9 Å². The van der Waals surface area contributed by atoms with E-state index in [1.807, 2.05) is 11.8 Å². The molecule has 1 saturated heterocycles. The molecule has 0 amide bonds. The van der Waals surface area contributed by atoms with E-state index in [4.69, 9.17) is 10.7 Å². The summed E-state index contributed by atoms with van der Waals surface area (Å²) in [6.07, 6.45) is 1.05. The normalized spacial score (nSPS) is 30.9. The van der Waals surface area contributed by atoms with Gasteiger partial charge in [0.25, 0.3) is 0 Å². The van der Waals surface area contributed by atoms with Crippen LogP contribution in [0.25, 0.3) is 0 Å². The highest BCUT2D eigenvalue weighted by atomic mass is 32.2. The number of aromatic nitrogens is 1. The molecule has 0 bridgehead atoms. The zero-order chi connectivity index (χ0) is 12.0. The van der Waals surface area contributed by atoms with Crippen molar-refractivity contribution in [3.63, 3.8) is 0 Å². The van der Waals surface area contributed by atoms with Crippen molar-refractivity contribution >= 4 is 23.1 Å². The van der Waals surface area contributed by atoms with Gasteiger partial charge in [-0.05, 0) is 6.42 Å². The van der Waals surface area contributed by atoms with Crippen LogP contribution < -0.4 is 5.73 Å². The van der Waals surface area contributed by atoms with Crippen LogP contribution in [0.4, 0.5) is 0 Å². The number of rotatable bonds is 1. The number of hydrogen-bond donors (Lipinski definition) is 1. The van der Waals surface area contributed by atoms with Crippen molar-refractivity contribution in [3.05, 3.63) is 16.1 Å². The van der Waals surface area contributed by atoms with Crippen molar-refractivity contribution in [2.45, 2.75) is 50.3 Å². The Hall–Kier alpha value is -0.0600. The van der Waals surface area contributed by atoms with Gasteiger partial charge in [-0.15, -0.1) is 11.3 Å². The van der Waals surface area contributed by atoms with E-state index in [2.05, 4.69) is 33.1 Å². The first-order chi connectivity index (χ1) is 7.31. The molecule has 90 valence electrons. The first-order valence-electron chi connectivity index (χ1n) is 5.68. The Morgan fingerprint density at radius 3 is 2.62 bits per heavy atom. The van der Waals surface area contributed by atoms with Crippen molar-refractivity contribution < 1.29 is 0 Å². The number of thioether (sulfide) groups is 1. The van der Waals surface area contributed by atoms with E-state index in [1.54, 1.807) is 11.3 Å². The van der Waals surface area contributed by atoms with Gasteiger partial charge in [0.1, 0.15) is 5.01 Å². The lowest BCUT2D eigenvalue weighted by Gasteiger charge is -2.20. The summed E-state index contributed by atoms with van der Waals surface area (Å²) in [6.45, 7) is 8.83. The van der Waals surface area contributed by atoms with Gasteiger partial charge in [0.05, 0.1) is 11.2 Å². The number of nitrogens with zero attached hydrogens (tertiary/aromatic N) is 1. The molecule has 4 heteroatoms. The third kappa shape index (κ3) is 2.29. The van der Waals surface area contributed by atoms with Crippen LogP contribution in [0.15, 0.2) is 5.38 Å². The second kappa shape index (κ2) is 4.00. The highest BCUT2D eigenvalue weighted by Gasteiger charge is 2.38. The Labute approximate surface area is 106 Å². The molecule has 1 aliphatic rings. The molecule has 2 N–H and O–H groups in total. The van der Waals surface area contributed by atoms with E-state index in [9.17, 15) is 0 Å². The molecule has 2 unspecified atom stereocenters. The van der Waals surface area contributed by atoms with Gasteiger partial charge in [0, 0.05) is 21.8 Å². The van der Waals surface area contributed by atoms with Gasteiger partial charge in [0.15, 0.2) is 0 Å². The second-order valence-corrected chi connectivity index (χ2v) is 8.05. The fourth-order valence-electron chi connectivity index (χ4n) is 1.92. The van der Waals surface area contributed by atoms with Crippen molar-refractivity contribution in [2.75, 3.05) is 5.75 Å². The van der Waals surface area contributed by atoms with Crippen molar-refractivity contribution in [1.82, 2.24) is 4.98 Å². The standard InChI is InChI=1S/C12H20N2S2/c1-8-5-12(13,7-16-8)10-14-9(6-15-10)11(2,3)4/h6,8H,5,7,13H2,1-4H3. The molecule has 0 spiro atoms. The molecular weight excluding hydrogens is 236 g/mol. The van der Waals surface area contributed by atoms with Crippen LogP contribution in [-0.2, 0) is 11.0 Å². The first-order valence-corrected chi connectivity index (χ1v) is 7.61. The summed E-state index contributed by atoms with van der Waals surface area (Å²) < 4.78 is 0. The SMILES string of the molecule is CC1CC(N)(c2nc(C(C)(C)C)cs2)CS1. The average Bonchev–Trinajstić information content (AvgIpc) is 2.71. The largest absolute Gasteiger partial charge is 0.319 e. The summed E-state index contributed by atoms with van der Waals surface area (Å²) in [5.74, 6) is 1.01. The second-order valence-electron chi connectivity index (χ2n) is 5.77. The Morgan fingerprint density at radius 2 is 2.19 bits per heavy atom. The summed E-state index contributed by atoms with van der Waals surface area (Å²) in [7, 11) is 0. The first kappa shape index (κ1) is 12.4. The zero-order valence-corrected chi connectivity index (χ0v) is 12.0. The molecule has 2 atom stereocenters. The summed E-state index contributed by atoms with van der Waals surface area (Å²) in [4.78, 5) is 4.75. The molecule has 0 saturated carbocycles. The molecule has 1 aromatic heterocycles. The molecule has 1 aromatic rings. The summed E-state index contributed by atoms with van der Waals surface area (Å²) in [6, 6.07) is 0. The molecule has 2 heterocycles. The maximum atomic E-state index is 6.45. The third-order valence-corrected chi connectivity index (χ3v) is 5.46. The maximum Gasteiger partial charge on any atom is 0.114 e. The molecule has 16 heavy (non-hydrogen) atoms. The van der Waals surface area contributed by atoms with Crippen LogP contribution in [0.2, 0.25) is 0 Å². The van der Waals surface area contributed by atoms with Gasteiger partial charge in [-0.2, -0.15) is 11.8 Å². The van der Waals surface area contributed by atoms with Crippen LogP contribution in [0, 0.1) is 0 Å².